The predicted molar refractivity (Wildman–Crippen MR) is 136 cm³/mol. The molecule has 0 unspecified atom stereocenters. The van der Waals surface area contributed by atoms with Crippen LogP contribution in [0.5, 0.6) is 0 Å². The number of thiocarbonyl (C=S) groups is 1. The quantitative estimate of drug-likeness (QED) is 0.310. The highest BCUT2D eigenvalue weighted by atomic mass is 32.2. The fourth-order valence-corrected chi connectivity index (χ4v) is 5.69. The highest BCUT2D eigenvalue weighted by Crippen LogP contribution is 2.36. The van der Waals surface area contributed by atoms with Crippen molar-refractivity contribution in [2.24, 2.45) is 7.05 Å². The van der Waals surface area contributed by atoms with E-state index in [0.29, 0.717) is 21.3 Å². The molecule has 1 amide bonds. The molecule has 0 bridgehead atoms. The number of nitrogens with zero attached hydrogens (tertiary/aromatic N) is 4. The van der Waals surface area contributed by atoms with Gasteiger partial charge in [0.2, 0.25) is 0 Å². The summed E-state index contributed by atoms with van der Waals surface area (Å²) in [5.41, 5.74) is 1.24. The Balaban J connectivity index is 1.95. The minimum absolute atomic E-state index is 0.0770. The standard InChI is InChI=1S/C24H32N4O2S2/c1-4-5-6-7-11-14-28-23(30)20(32-24(28)31)15-18-17(2)19(16-25)22(29)26(3)21(18)27-12-9-8-10-13-27/h15H,4-14H2,1-3H3. The summed E-state index contributed by atoms with van der Waals surface area (Å²) in [5.74, 6) is 0.711. The molecule has 0 aliphatic carbocycles. The number of amides is 1. The van der Waals surface area contributed by atoms with Crippen molar-refractivity contribution in [3.63, 3.8) is 0 Å². The van der Waals surface area contributed by atoms with Gasteiger partial charge in [-0.05, 0) is 44.2 Å². The molecule has 3 heterocycles. The lowest BCUT2D eigenvalue weighted by atomic mass is 10.0. The first-order chi connectivity index (χ1) is 15.4. The zero-order valence-corrected chi connectivity index (χ0v) is 20.9. The zero-order valence-electron chi connectivity index (χ0n) is 19.3. The minimum atomic E-state index is -0.289. The topological polar surface area (TPSA) is 69.3 Å². The molecule has 8 heteroatoms. The van der Waals surface area contributed by atoms with E-state index in [1.54, 1.807) is 23.4 Å². The number of carbonyl (C=O) groups is 1. The smallest absolute Gasteiger partial charge is 0.270 e. The predicted octanol–water partition coefficient (Wildman–Crippen LogP) is 4.73. The fourth-order valence-electron chi connectivity index (χ4n) is 4.40. The SMILES string of the molecule is CCCCCCCN1C(=O)C(=Cc2c(C)c(C#N)c(=O)n(C)c2N2CCCCC2)SC1=S. The monoisotopic (exact) mass is 472 g/mol. The van der Waals surface area contributed by atoms with E-state index in [1.807, 2.05) is 6.08 Å². The van der Waals surface area contributed by atoms with Crippen molar-refractivity contribution in [2.75, 3.05) is 24.5 Å². The molecule has 2 aliphatic heterocycles. The van der Waals surface area contributed by atoms with Gasteiger partial charge in [0.25, 0.3) is 11.5 Å². The van der Waals surface area contributed by atoms with Gasteiger partial charge in [-0.25, -0.2) is 0 Å². The van der Waals surface area contributed by atoms with E-state index in [9.17, 15) is 14.9 Å². The minimum Gasteiger partial charge on any atom is -0.357 e. The van der Waals surface area contributed by atoms with E-state index < -0.39 is 0 Å². The van der Waals surface area contributed by atoms with E-state index in [4.69, 9.17) is 12.2 Å². The number of hydrogen-bond acceptors (Lipinski definition) is 6. The van der Waals surface area contributed by atoms with Crippen LogP contribution in [-0.4, -0.2) is 39.3 Å². The highest BCUT2D eigenvalue weighted by Gasteiger charge is 2.32. The number of anilines is 1. The van der Waals surface area contributed by atoms with E-state index in [-0.39, 0.29) is 17.0 Å². The lowest BCUT2D eigenvalue weighted by Crippen LogP contribution is -2.36. The Labute approximate surface area is 200 Å². The average Bonchev–Trinajstić information content (AvgIpc) is 3.05. The third-order valence-corrected chi connectivity index (χ3v) is 7.64. The van der Waals surface area contributed by atoms with Crippen molar-refractivity contribution >= 4 is 46.1 Å². The molecule has 2 fully saturated rings. The number of carbonyl (C=O) groups excluding carboxylic acids is 1. The molecular weight excluding hydrogens is 440 g/mol. The zero-order chi connectivity index (χ0) is 23.3. The number of pyridine rings is 1. The molecule has 0 aromatic carbocycles. The van der Waals surface area contributed by atoms with E-state index in [2.05, 4.69) is 17.9 Å². The Morgan fingerprint density at radius 3 is 2.47 bits per heavy atom. The van der Waals surface area contributed by atoms with E-state index >= 15 is 0 Å². The first-order valence-electron chi connectivity index (χ1n) is 11.5. The molecule has 2 saturated heterocycles. The second kappa shape index (κ2) is 11.2. The molecule has 1 aromatic heterocycles. The summed E-state index contributed by atoms with van der Waals surface area (Å²) >= 11 is 6.82. The van der Waals surface area contributed by atoms with Crippen LogP contribution >= 0.6 is 24.0 Å². The normalized spacial score (nSPS) is 18.0. The molecule has 0 atom stereocenters. The van der Waals surface area contributed by atoms with E-state index in [1.165, 1.54) is 37.4 Å². The maximum Gasteiger partial charge on any atom is 0.270 e. The lowest BCUT2D eigenvalue weighted by Gasteiger charge is -2.32. The van der Waals surface area contributed by atoms with Crippen LogP contribution in [0.2, 0.25) is 0 Å². The van der Waals surface area contributed by atoms with Crippen molar-refractivity contribution in [3.05, 3.63) is 31.9 Å². The Bertz CT molecular complexity index is 1020. The number of nitriles is 1. The lowest BCUT2D eigenvalue weighted by molar-refractivity contribution is -0.122. The largest absolute Gasteiger partial charge is 0.357 e. The third kappa shape index (κ3) is 5.10. The Hall–Kier alpha value is -2.11. The summed E-state index contributed by atoms with van der Waals surface area (Å²) in [6, 6.07) is 2.06. The fraction of sp³-hybridized carbons (Fsp3) is 0.583. The van der Waals surface area contributed by atoms with Gasteiger partial charge in [-0.15, -0.1) is 0 Å². The van der Waals surface area contributed by atoms with Crippen LogP contribution in [0.1, 0.15) is 75.0 Å². The summed E-state index contributed by atoms with van der Waals surface area (Å²) in [7, 11) is 1.71. The Morgan fingerprint density at radius 1 is 1.12 bits per heavy atom. The summed E-state index contributed by atoms with van der Waals surface area (Å²) < 4.78 is 2.15. The maximum absolute atomic E-state index is 13.1. The first kappa shape index (κ1) is 24.5. The number of thioether (sulfide) groups is 1. The molecule has 1 aromatic rings. The summed E-state index contributed by atoms with van der Waals surface area (Å²) in [4.78, 5) is 30.4. The molecule has 0 saturated carbocycles. The summed E-state index contributed by atoms with van der Waals surface area (Å²) in [6.45, 7) is 6.34. The molecule has 0 spiro atoms. The van der Waals surface area contributed by atoms with Gasteiger partial charge in [-0.3, -0.25) is 19.1 Å². The number of rotatable bonds is 8. The summed E-state index contributed by atoms with van der Waals surface area (Å²) in [5, 5.41) is 9.61. The van der Waals surface area contributed by atoms with Crippen molar-refractivity contribution in [1.82, 2.24) is 9.47 Å². The first-order valence-corrected chi connectivity index (χ1v) is 12.8. The average molecular weight is 473 g/mol. The molecule has 2 aliphatic rings. The van der Waals surface area contributed by atoms with Gasteiger partial charge in [0.1, 0.15) is 21.8 Å². The summed E-state index contributed by atoms with van der Waals surface area (Å²) in [6.07, 6.45) is 10.7. The van der Waals surface area contributed by atoms with Crippen molar-refractivity contribution in [2.45, 2.75) is 65.2 Å². The van der Waals surface area contributed by atoms with Gasteiger partial charge >= 0.3 is 0 Å². The van der Waals surface area contributed by atoms with Crippen LogP contribution in [0.3, 0.4) is 0 Å². The van der Waals surface area contributed by atoms with Crippen LogP contribution in [0.15, 0.2) is 9.70 Å². The van der Waals surface area contributed by atoms with Crippen molar-refractivity contribution in [1.29, 1.82) is 5.26 Å². The van der Waals surface area contributed by atoms with Gasteiger partial charge in [0.15, 0.2) is 0 Å². The third-order valence-electron chi connectivity index (χ3n) is 6.26. The number of unbranched alkanes of at least 4 members (excludes halogenated alkanes) is 4. The van der Waals surface area contributed by atoms with Gasteiger partial charge in [0.05, 0.1) is 4.91 Å². The highest BCUT2D eigenvalue weighted by molar-refractivity contribution is 8.26. The molecule has 0 N–H and O–H groups in total. The van der Waals surface area contributed by atoms with Crippen LogP contribution in [0.4, 0.5) is 5.82 Å². The van der Waals surface area contributed by atoms with Gasteiger partial charge in [0, 0.05) is 32.2 Å². The Morgan fingerprint density at radius 2 is 1.81 bits per heavy atom. The van der Waals surface area contributed by atoms with Crippen LogP contribution in [-0.2, 0) is 11.8 Å². The molecule has 172 valence electrons. The van der Waals surface area contributed by atoms with Crippen LogP contribution in [0, 0.1) is 18.3 Å². The van der Waals surface area contributed by atoms with Crippen LogP contribution < -0.4 is 10.5 Å². The Kier molecular flexibility index (Phi) is 8.55. The molecule has 32 heavy (non-hydrogen) atoms. The van der Waals surface area contributed by atoms with E-state index in [0.717, 1.165) is 50.2 Å². The number of hydrogen-bond donors (Lipinski definition) is 0. The number of piperidine rings is 1. The second-order valence-electron chi connectivity index (χ2n) is 8.51. The van der Waals surface area contributed by atoms with Crippen molar-refractivity contribution < 1.29 is 4.79 Å². The second-order valence-corrected chi connectivity index (χ2v) is 10.2. The van der Waals surface area contributed by atoms with Gasteiger partial charge < -0.3 is 4.90 Å². The molecule has 6 nitrogen and oxygen atoms in total. The van der Waals surface area contributed by atoms with Gasteiger partial charge in [-0.1, -0.05) is 56.6 Å². The van der Waals surface area contributed by atoms with Crippen LogP contribution in [0.25, 0.3) is 6.08 Å². The molecular formula is C24H32N4O2S2. The molecule has 0 radical (unpaired) electrons. The van der Waals surface area contributed by atoms with Gasteiger partial charge in [-0.2, -0.15) is 5.26 Å². The molecule has 3 rings (SSSR count). The van der Waals surface area contributed by atoms with Crippen molar-refractivity contribution in [3.8, 4) is 6.07 Å². The number of aromatic nitrogens is 1. The maximum atomic E-state index is 13.1.